The highest BCUT2D eigenvalue weighted by atomic mass is 32.2. The van der Waals surface area contributed by atoms with Crippen LogP contribution in [-0.2, 0) is 9.53 Å². The number of para-hydroxylation sites is 1. The van der Waals surface area contributed by atoms with Crippen molar-refractivity contribution in [1.82, 2.24) is 0 Å². The third kappa shape index (κ3) is 4.79. The number of aryl methyl sites for hydroxylation is 1. The van der Waals surface area contributed by atoms with E-state index in [-0.39, 0.29) is 11.7 Å². The van der Waals surface area contributed by atoms with Crippen molar-refractivity contribution in [2.45, 2.75) is 38.6 Å². The van der Waals surface area contributed by atoms with Gasteiger partial charge in [0, 0.05) is 5.56 Å². The minimum atomic E-state index is -0.930. The topological polar surface area (TPSA) is 57.5 Å². The maximum Gasteiger partial charge on any atom is 0.365 e. The van der Waals surface area contributed by atoms with Crippen LogP contribution >= 0.6 is 11.8 Å². The Morgan fingerprint density at radius 2 is 1.57 bits per heavy atom. The average molecular weight is 511 g/mol. The summed E-state index contributed by atoms with van der Waals surface area (Å²) >= 11 is 1.33. The number of hydrogen-bond donors (Lipinski definition) is 0. The van der Waals surface area contributed by atoms with E-state index in [0.29, 0.717) is 5.92 Å². The SMILES string of the molecule is CCOC(=O)C1=NN(c2ccc(C)cc2)C2(C=CC(c3ccc(C(C)C)cc3)=NN2c2ccccc2)S1. The molecule has 0 bridgehead atoms. The largest absolute Gasteiger partial charge is 0.461 e. The van der Waals surface area contributed by atoms with Crippen LogP contribution < -0.4 is 10.0 Å². The number of rotatable bonds is 6. The summed E-state index contributed by atoms with van der Waals surface area (Å²) in [5.74, 6) is 0.0142. The second kappa shape index (κ2) is 10.3. The predicted octanol–water partition coefficient (Wildman–Crippen LogP) is 6.68. The highest BCUT2D eigenvalue weighted by Crippen LogP contribution is 2.48. The second-order valence-electron chi connectivity index (χ2n) is 9.28. The molecule has 6 nitrogen and oxygen atoms in total. The van der Waals surface area contributed by atoms with Gasteiger partial charge in [0.05, 0.1) is 23.7 Å². The average Bonchev–Trinajstić information content (AvgIpc) is 3.30. The van der Waals surface area contributed by atoms with E-state index in [9.17, 15) is 4.79 Å². The summed E-state index contributed by atoms with van der Waals surface area (Å²) in [7, 11) is 0. The number of benzene rings is 3. The molecule has 3 aromatic carbocycles. The molecule has 0 amide bonds. The summed E-state index contributed by atoms with van der Waals surface area (Å²) in [6.45, 7) is 8.49. The van der Waals surface area contributed by atoms with E-state index >= 15 is 0 Å². The molecule has 7 heteroatoms. The van der Waals surface area contributed by atoms with E-state index in [1.165, 1.54) is 17.3 Å². The van der Waals surface area contributed by atoms with Crippen LogP contribution in [0.1, 0.15) is 43.4 Å². The number of hydrogen-bond acceptors (Lipinski definition) is 7. The maximum absolute atomic E-state index is 12.8. The van der Waals surface area contributed by atoms with Gasteiger partial charge in [-0.15, -0.1) is 0 Å². The lowest BCUT2D eigenvalue weighted by Gasteiger charge is -2.43. The molecule has 0 saturated carbocycles. The van der Waals surface area contributed by atoms with Gasteiger partial charge in [0.2, 0.25) is 10.0 Å². The quantitative estimate of drug-likeness (QED) is 0.346. The molecule has 0 N–H and O–H groups in total. The van der Waals surface area contributed by atoms with E-state index in [4.69, 9.17) is 14.9 Å². The summed E-state index contributed by atoms with van der Waals surface area (Å²) in [5.41, 5.74) is 6.01. The zero-order valence-electron chi connectivity index (χ0n) is 21.5. The first kappa shape index (κ1) is 24.8. The van der Waals surface area contributed by atoms with Crippen molar-refractivity contribution in [3.63, 3.8) is 0 Å². The normalized spacial score (nSPS) is 18.8. The number of esters is 1. The van der Waals surface area contributed by atoms with Gasteiger partial charge in [0.15, 0.2) is 0 Å². The Hall–Kier alpha value is -3.84. The van der Waals surface area contributed by atoms with Gasteiger partial charge < -0.3 is 4.74 Å². The first-order valence-corrected chi connectivity index (χ1v) is 13.3. The molecule has 1 unspecified atom stereocenters. The predicted molar refractivity (Wildman–Crippen MR) is 153 cm³/mol. The molecule has 1 atom stereocenters. The zero-order valence-corrected chi connectivity index (χ0v) is 22.3. The fraction of sp³-hybridized carbons (Fsp3) is 0.233. The van der Waals surface area contributed by atoms with Crippen LogP contribution in [0, 0.1) is 6.92 Å². The standard InChI is InChI=1S/C30H30N4O2S/c1-5-36-29(35)28-32-34(26-17-11-22(4)12-18-26)30(37-28)20-19-27(24-15-13-23(14-16-24)21(2)3)31-33(30)25-9-7-6-8-10-25/h6-21H,5H2,1-4H3. The number of allylic oxidation sites excluding steroid dienone is 1. The van der Waals surface area contributed by atoms with Gasteiger partial charge >= 0.3 is 5.97 Å². The van der Waals surface area contributed by atoms with Crippen LogP contribution in [0.3, 0.4) is 0 Å². The third-order valence-electron chi connectivity index (χ3n) is 6.31. The Balaban J connectivity index is 1.63. The number of nitrogens with zero attached hydrogens (tertiary/aromatic N) is 4. The molecule has 3 aromatic rings. The molecule has 188 valence electrons. The number of hydrazone groups is 2. The Morgan fingerprint density at radius 3 is 2.22 bits per heavy atom. The fourth-order valence-electron chi connectivity index (χ4n) is 4.29. The van der Waals surface area contributed by atoms with Gasteiger partial charge in [-0.1, -0.05) is 74.0 Å². The third-order valence-corrected chi connectivity index (χ3v) is 7.54. The molecule has 0 fully saturated rings. The van der Waals surface area contributed by atoms with E-state index in [0.717, 1.165) is 28.2 Å². The highest BCUT2D eigenvalue weighted by molar-refractivity contribution is 8.17. The summed E-state index contributed by atoms with van der Waals surface area (Å²) < 4.78 is 5.33. The minimum absolute atomic E-state index is 0.281. The van der Waals surface area contributed by atoms with Crippen molar-refractivity contribution in [2.24, 2.45) is 10.2 Å². The van der Waals surface area contributed by atoms with Gasteiger partial charge in [-0.3, -0.25) is 0 Å². The van der Waals surface area contributed by atoms with E-state index in [1.807, 2.05) is 77.6 Å². The summed E-state index contributed by atoms with van der Waals surface area (Å²) in [5, 5.41) is 14.0. The van der Waals surface area contributed by atoms with Crippen molar-refractivity contribution in [2.75, 3.05) is 16.6 Å². The van der Waals surface area contributed by atoms with Crippen LogP contribution in [-0.4, -0.2) is 28.3 Å². The monoisotopic (exact) mass is 510 g/mol. The Labute approximate surface area is 222 Å². The Morgan fingerprint density at radius 1 is 0.919 bits per heavy atom. The van der Waals surface area contributed by atoms with Gasteiger partial charge in [-0.25, -0.2) is 14.8 Å². The van der Waals surface area contributed by atoms with Crippen LogP contribution in [0.25, 0.3) is 0 Å². The van der Waals surface area contributed by atoms with Crippen LogP contribution in [0.15, 0.2) is 101 Å². The first-order chi connectivity index (χ1) is 17.9. The molecule has 2 heterocycles. The molecule has 0 aromatic heterocycles. The van der Waals surface area contributed by atoms with Crippen molar-refractivity contribution < 1.29 is 9.53 Å². The molecule has 2 aliphatic rings. The number of carbonyl (C=O) groups is 1. The van der Waals surface area contributed by atoms with Crippen molar-refractivity contribution >= 4 is 39.9 Å². The fourth-order valence-corrected chi connectivity index (χ4v) is 5.44. The van der Waals surface area contributed by atoms with Gasteiger partial charge in [-0.05, 0) is 73.5 Å². The summed E-state index contributed by atoms with van der Waals surface area (Å²) in [6.07, 6.45) is 4.08. The molecule has 5 rings (SSSR count). The number of anilines is 2. The highest BCUT2D eigenvalue weighted by Gasteiger charge is 2.51. The van der Waals surface area contributed by atoms with E-state index < -0.39 is 11.0 Å². The lowest BCUT2D eigenvalue weighted by atomic mass is 10.00. The molecule has 1 spiro atoms. The van der Waals surface area contributed by atoms with E-state index in [2.05, 4.69) is 44.2 Å². The Bertz CT molecular complexity index is 1360. The maximum atomic E-state index is 12.8. The molecular formula is C30H30N4O2S. The summed E-state index contributed by atoms with van der Waals surface area (Å²) in [4.78, 5) is 11.9. The molecule has 2 aliphatic heterocycles. The molecular weight excluding hydrogens is 480 g/mol. The van der Waals surface area contributed by atoms with Gasteiger partial charge in [0.25, 0.3) is 0 Å². The molecule has 0 aliphatic carbocycles. The first-order valence-electron chi connectivity index (χ1n) is 12.5. The zero-order chi connectivity index (χ0) is 26.0. The molecule has 37 heavy (non-hydrogen) atoms. The molecule has 0 radical (unpaired) electrons. The van der Waals surface area contributed by atoms with E-state index in [1.54, 1.807) is 6.92 Å². The smallest absolute Gasteiger partial charge is 0.365 e. The van der Waals surface area contributed by atoms with Crippen LogP contribution in [0.4, 0.5) is 11.4 Å². The lowest BCUT2D eigenvalue weighted by Crippen LogP contribution is -2.53. The van der Waals surface area contributed by atoms with Crippen LogP contribution in [0.2, 0.25) is 0 Å². The number of carbonyl (C=O) groups excluding carboxylic acids is 1. The van der Waals surface area contributed by atoms with Crippen LogP contribution in [0.5, 0.6) is 0 Å². The van der Waals surface area contributed by atoms with Crippen molar-refractivity contribution in [1.29, 1.82) is 0 Å². The minimum Gasteiger partial charge on any atom is -0.461 e. The lowest BCUT2D eigenvalue weighted by molar-refractivity contribution is -0.134. The Kier molecular flexibility index (Phi) is 6.89. The number of thioether (sulfide) groups is 1. The molecule has 0 saturated heterocycles. The van der Waals surface area contributed by atoms with Gasteiger partial charge in [-0.2, -0.15) is 10.2 Å². The van der Waals surface area contributed by atoms with Crippen molar-refractivity contribution in [3.8, 4) is 0 Å². The van der Waals surface area contributed by atoms with Crippen molar-refractivity contribution in [3.05, 3.63) is 108 Å². The number of ether oxygens (including phenoxy) is 1. The van der Waals surface area contributed by atoms with Gasteiger partial charge in [0.1, 0.15) is 0 Å². The second-order valence-corrected chi connectivity index (χ2v) is 10.5. The summed E-state index contributed by atoms with van der Waals surface area (Å²) in [6, 6.07) is 26.6.